The minimum atomic E-state index is -1.02. The van der Waals surface area contributed by atoms with Crippen LogP contribution in [0.1, 0.15) is 43.5 Å². The fourth-order valence-corrected chi connectivity index (χ4v) is 2.21. The maximum Gasteiger partial charge on any atom is 0.303 e. The molecule has 1 aromatic rings. The summed E-state index contributed by atoms with van der Waals surface area (Å²) in [6, 6.07) is 5.43. The molecule has 0 radical (unpaired) electrons. The van der Waals surface area contributed by atoms with Gasteiger partial charge in [0.05, 0.1) is 0 Å². The summed E-state index contributed by atoms with van der Waals surface area (Å²) in [5.41, 5.74) is 0.317. The van der Waals surface area contributed by atoms with Crippen molar-refractivity contribution in [1.82, 2.24) is 10.6 Å². The maximum absolute atomic E-state index is 12.2. The number of halogens is 1. The number of amides is 2. The van der Waals surface area contributed by atoms with Gasteiger partial charge in [-0.05, 0) is 37.0 Å². The normalized spacial score (nSPS) is 11.8. The van der Waals surface area contributed by atoms with E-state index in [1.54, 1.807) is 18.2 Å². The minimum absolute atomic E-state index is 0.0230. The number of carboxylic acid groups (broad SMARTS) is 1. The van der Waals surface area contributed by atoms with Crippen molar-refractivity contribution in [3.05, 3.63) is 34.9 Å². The number of hydrogen-bond acceptors (Lipinski definition) is 3. The fraction of sp³-hybridized carbons (Fsp3) is 0.471. The second kappa shape index (κ2) is 9.93. The predicted molar refractivity (Wildman–Crippen MR) is 92.0 cm³/mol. The van der Waals surface area contributed by atoms with Crippen molar-refractivity contribution < 1.29 is 19.5 Å². The Bertz CT molecular complexity index is 590. The molecule has 0 spiro atoms. The quantitative estimate of drug-likeness (QED) is 0.634. The van der Waals surface area contributed by atoms with Gasteiger partial charge in [0, 0.05) is 23.6 Å². The van der Waals surface area contributed by atoms with Crippen molar-refractivity contribution in [2.24, 2.45) is 5.92 Å². The largest absolute Gasteiger partial charge is 0.481 e. The highest BCUT2D eigenvalue weighted by atomic mass is 35.5. The van der Waals surface area contributed by atoms with Gasteiger partial charge in [0.2, 0.25) is 5.91 Å². The molecule has 6 nitrogen and oxygen atoms in total. The molecule has 0 bridgehead atoms. The number of rotatable bonds is 9. The molecule has 0 aliphatic rings. The van der Waals surface area contributed by atoms with Crippen molar-refractivity contribution in [3.8, 4) is 0 Å². The number of aliphatic carboxylic acids is 1. The summed E-state index contributed by atoms with van der Waals surface area (Å²) in [5.74, 6) is -1.44. The van der Waals surface area contributed by atoms with E-state index in [0.29, 0.717) is 23.0 Å². The molecule has 132 valence electrons. The molecule has 3 N–H and O–H groups in total. The SMILES string of the molecule is CC(C)CCNC(=O)[C@@H](CCC(=O)O)NC(=O)c1cccc(Cl)c1. The first kappa shape index (κ1) is 20.0. The lowest BCUT2D eigenvalue weighted by Gasteiger charge is -2.18. The second-order valence-electron chi connectivity index (χ2n) is 5.94. The van der Waals surface area contributed by atoms with Crippen molar-refractivity contribution in [1.29, 1.82) is 0 Å². The van der Waals surface area contributed by atoms with Gasteiger partial charge in [-0.25, -0.2) is 0 Å². The number of benzene rings is 1. The van der Waals surface area contributed by atoms with Gasteiger partial charge in [0.25, 0.3) is 5.91 Å². The van der Waals surface area contributed by atoms with Gasteiger partial charge in [-0.3, -0.25) is 14.4 Å². The fourth-order valence-electron chi connectivity index (χ4n) is 2.02. The molecule has 0 saturated carbocycles. The van der Waals surface area contributed by atoms with Crippen LogP contribution < -0.4 is 10.6 Å². The van der Waals surface area contributed by atoms with Gasteiger partial charge in [-0.1, -0.05) is 31.5 Å². The van der Waals surface area contributed by atoms with Gasteiger partial charge in [-0.2, -0.15) is 0 Å². The van der Waals surface area contributed by atoms with E-state index in [9.17, 15) is 14.4 Å². The summed E-state index contributed by atoms with van der Waals surface area (Å²) >= 11 is 5.85. The zero-order valence-electron chi connectivity index (χ0n) is 13.8. The highest BCUT2D eigenvalue weighted by molar-refractivity contribution is 6.31. The highest BCUT2D eigenvalue weighted by Gasteiger charge is 2.22. The van der Waals surface area contributed by atoms with E-state index in [2.05, 4.69) is 10.6 Å². The van der Waals surface area contributed by atoms with Crippen LogP contribution in [0.25, 0.3) is 0 Å². The monoisotopic (exact) mass is 354 g/mol. The van der Waals surface area contributed by atoms with Crippen LogP contribution >= 0.6 is 11.6 Å². The van der Waals surface area contributed by atoms with Crippen LogP contribution in [0.2, 0.25) is 5.02 Å². The van der Waals surface area contributed by atoms with Crippen molar-refractivity contribution in [2.45, 2.75) is 39.2 Å². The number of carbonyl (C=O) groups excluding carboxylic acids is 2. The molecule has 0 fully saturated rings. The average molecular weight is 355 g/mol. The Kier molecular flexibility index (Phi) is 8.26. The molecule has 0 heterocycles. The van der Waals surface area contributed by atoms with Crippen LogP contribution in [0.3, 0.4) is 0 Å². The van der Waals surface area contributed by atoms with E-state index >= 15 is 0 Å². The molecule has 0 saturated heterocycles. The second-order valence-corrected chi connectivity index (χ2v) is 6.38. The third kappa shape index (κ3) is 7.46. The molecular weight excluding hydrogens is 332 g/mol. The molecule has 1 atom stereocenters. The van der Waals surface area contributed by atoms with E-state index in [1.807, 2.05) is 13.8 Å². The molecule has 24 heavy (non-hydrogen) atoms. The van der Waals surface area contributed by atoms with Gasteiger partial charge in [-0.15, -0.1) is 0 Å². The zero-order chi connectivity index (χ0) is 18.1. The first-order valence-corrected chi connectivity index (χ1v) is 8.23. The van der Waals surface area contributed by atoms with Crippen LogP contribution in [0.5, 0.6) is 0 Å². The van der Waals surface area contributed by atoms with E-state index < -0.39 is 17.9 Å². The molecule has 0 unspecified atom stereocenters. The summed E-state index contributed by atoms with van der Waals surface area (Å²) in [7, 11) is 0. The maximum atomic E-state index is 12.2. The van der Waals surface area contributed by atoms with Crippen LogP contribution in [0.4, 0.5) is 0 Å². The lowest BCUT2D eigenvalue weighted by Crippen LogP contribution is -2.47. The molecule has 7 heteroatoms. The Morgan fingerprint density at radius 1 is 1.21 bits per heavy atom. The Balaban J connectivity index is 2.71. The molecule has 2 amide bonds. The van der Waals surface area contributed by atoms with Crippen LogP contribution in [0, 0.1) is 5.92 Å². The van der Waals surface area contributed by atoms with Crippen LogP contribution in [-0.2, 0) is 9.59 Å². The minimum Gasteiger partial charge on any atom is -0.481 e. The van der Waals surface area contributed by atoms with Crippen molar-refractivity contribution in [2.75, 3.05) is 6.54 Å². The molecule has 0 aromatic heterocycles. The van der Waals surface area contributed by atoms with Gasteiger partial charge < -0.3 is 15.7 Å². The van der Waals surface area contributed by atoms with Crippen molar-refractivity contribution >= 4 is 29.4 Å². The number of nitrogens with one attached hydrogen (secondary N) is 2. The van der Waals surface area contributed by atoms with E-state index in [-0.39, 0.29) is 18.7 Å². The van der Waals surface area contributed by atoms with Gasteiger partial charge in [0.1, 0.15) is 6.04 Å². The smallest absolute Gasteiger partial charge is 0.303 e. The standard InChI is InChI=1S/C17H23ClN2O4/c1-11(2)8-9-19-17(24)14(6-7-15(21)22)20-16(23)12-4-3-5-13(18)10-12/h3-5,10-11,14H,6-9H2,1-2H3,(H,19,24)(H,20,23)(H,21,22)/t14-/m1/s1. The Morgan fingerprint density at radius 2 is 1.92 bits per heavy atom. The lowest BCUT2D eigenvalue weighted by molar-refractivity contribution is -0.137. The summed E-state index contributed by atoms with van der Waals surface area (Å²) in [6.45, 7) is 4.55. The van der Waals surface area contributed by atoms with Gasteiger partial charge >= 0.3 is 5.97 Å². The van der Waals surface area contributed by atoms with Gasteiger partial charge in [0.15, 0.2) is 0 Å². The molecule has 1 rings (SSSR count). The molecule has 0 aliphatic carbocycles. The Hall–Kier alpha value is -2.08. The average Bonchev–Trinajstić information content (AvgIpc) is 2.50. The Labute approximate surface area is 146 Å². The third-order valence-corrected chi connectivity index (χ3v) is 3.61. The van der Waals surface area contributed by atoms with Crippen LogP contribution in [0.15, 0.2) is 24.3 Å². The molecular formula is C17H23ClN2O4. The summed E-state index contributed by atoms with van der Waals surface area (Å²) < 4.78 is 0. The topological polar surface area (TPSA) is 95.5 Å². The number of carboxylic acids is 1. The summed E-state index contributed by atoms with van der Waals surface area (Å²) in [4.78, 5) is 35.2. The van der Waals surface area contributed by atoms with Crippen molar-refractivity contribution in [3.63, 3.8) is 0 Å². The summed E-state index contributed by atoms with van der Waals surface area (Å²) in [5, 5.41) is 14.5. The number of carbonyl (C=O) groups is 3. The summed E-state index contributed by atoms with van der Waals surface area (Å²) in [6.07, 6.45) is 0.618. The van der Waals surface area contributed by atoms with E-state index in [1.165, 1.54) is 6.07 Å². The third-order valence-electron chi connectivity index (χ3n) is 3.38. The van der Waals surface area contributed by atoms with E-state index in [0.717, 1.165) is 6.42 Å². The molecule has 0 aliphatic heterocycles. The Morgan fingerprint density at radius 3 is 2.50 bits per heavy atom. The zero-order valence-corrected chi connectivity index (χ0v) is 14.6. The first-order chi connectivity index (χ1) is 11.3. The molecule has 1 aromatic carbocycles. The first-order valence-electron chi connectivity index (χ1n) is 7.85. The number of hydrogen-bond donors (Lipinski definition) is 3. The highest BCUT2D eigenvalue weighted by Crippen LogP contribution is 2.11. The lowest BCUT2D eigenvalue weighted by atomic mass is 10.1. The van der Waals surface area contributed by atoms with Crippen LogP contribution in [-0.4, -0.2) is 35.5 Å². The predicted octanol–water partition coefficient (Wildman–Crippen LogP) is 2.47. The van der Waals surface area contributed by atoms with E-state index in [4.69, 9.17) is 16.7 Å².